The Labute approximate surface area is 138 Å². The second kappa shape index (κ2) is 5.06. The van der Waals surface area contributed by atoms with Crippen LogP contribution in [-0.2, 0) is 0 Å². The first-order valence-corrected chi connectivity index (χ1v) is 7.85. The maximum atomic E-state index is 4.43. The van der Waals surface area contributed by atoms with E-state index in [1.807, 2.05) is 30.3 Å². The van der Waals surface area contributed by atoms with Crippen molar-refractivity contribution in [2.45, 2.75) is 0 Å². The Balaban J connectivity index is 1.62. The van der Waals surface area contributed by atoms with E-state index in [-0.39, 0.29) is 0 Å². The number of para-hydroxylation sites is 2. The van der Waals surface area contributed by atoms with Crippen LogP contribution in [0, 0.1) is 0 Å². The van der Waals surface area contributed by atoms with Gasteiger partial charge in [-0.2, -0.15) is 0 Å². The Morgan fingerprint density at radius 3 is 1.58 bits per heavy atom. The average molecular weight is 310 g/mol. The molecule has 5 aromatic rings. The van der Waals surface area contributed by atoms with Crippen LogP contribution in [0.1, 0.15) is 0 Å². The monoisotopic (exact) mass is 310 g/mol. The van der Waals surface area contributed by atoms with Crippen molar-refractivity contribution in [2.24, 2.45) is 0 Å². The summed E-state index contributed by atoms with van der Waals surface area (Å²) in [6.45, 7) is 0. The lowest BCUT2D eigenvalue weighted by atomic mass is 10.2. The molecule has 0 unspecified atom stereocenters. The van der Waals surface area contributed by atoms with Crippen molar-refractivity contribution in [3.05, 3.63) is 73.1 Å². The number of rotatable bonds is 2. The fourth-order valence-corrected chi connectivity index (χ4v) is 3.07. The van der Waals surface area contributed by atoms with Crippen LogP contribution in [0.5, 0.6) is 0 Å². The molecule has 0 atom stereocenters. The van der Waals surface area contributed by atoms with E-state index in [9.17, 15) is 0 Å². The number of nitrogens with one attached hydrogen (secondary N) is 2. The zero-order valence-electron chi connectivity index (χ0n) is 12.8. The second-order valence-corrected chi connectivity index (χ2v) is 5.83. The molecule has 0 aliphatic carbocycles. The largest absolute Gasteiger partial charge is 0.353 e. The maximum Gasteiger partial charge on any atom is 0.116 e. The summed E-state index contributed by atoms with van der Waals surface area (Å²) in [5.74, 6) is 0. The van der Waals surface area contributed by atoms with E-state index in [1.54, 1.807) is 6.33 Å². The summed E-state index contributed by atoms with van der Waals surface area (Å²) in [4.78, 5) is 15.7. The number of hydrogen-bond acceptors (Lipinski definition) is 2. The minimum absolute atomic E-state index is 0.884. The third kappa shape index (κ3) is 2.08. The van der Waals surface area contributed by atoms with Gasteiger partial charge < -0.3 is 9.97 Å². The fourth-order valence-electron chi connectivity index (χ4n) is 3.07. The molecule has 0 bridgehead atoms. The lowest BCUT2D eigenvalue weighted by Gasteiger charge is -2.00. The molecule has 0 radical (unpaired) electrons. The Morgan fingerprint density at radius 2 is 1.08 bits per heavy atom. The highest BCUT2D eigenvalue weighted by atomic mass is 14.9. The molecule has 0 saturated carbocycles. The summed E-state index contributed by atoms with van der Waals surface area (Å²) in [7, 11) is 0. The predicted octanol–water partition coefficient (Wildman–Crippen LogP) is 4.77. The number of aromatic amines is 2. The minimum atomic E-state index is 0.884. The van der Waals surface area contributed by atoms with E-state index in [2.05, 4.69) is 56.3 Å². The molecule has 0 saturated heterocycles. The summed E-state index contributed by atoms with van der Waals surface area (Å²) in [5, 5.41) is 2.36. The van der Waals surface area contributed by atoms with E-state index < -0.39 is 0 Å². The average Bonchev–Trinajstić information content (AvgIpc) is 3.26. The van der Waals surface area contributed by atoms with Gasteiger partial charge in [0.25, 0.3) is 0 Å². The van der Waals surface area contributed by atoms with Crippen LogP contribution in [-0.4, -0.2) is 19.9 Å². The molecule has 4 heteroatoms. The van der Waals surface area contributed by atoms with Gasteiger partial charge in [0, 0.05) is 21.8 Å². The fraction of sp³-hybridized carbons (Fsp3) is 0. The minimum Gasteiger partial charge on any atom is -0.353 e. The van der Waals surface area contributed by atoms with Gasteiger partial charge in [-0.25, -0.2) is 9.97 Å². The van der Waals surface area contributed by atoms with E-state index in [4.69, 9.17) is 0 Å². The quantitative estimate of drug-likeness (QED) is 0.493. The maximum absolute atomic E-state index is 4.43. The highest BCUT2D eigenvalue weighted by Gasteiger charge is 2.09. The van der Waals surface area contributed by atoms with Gasteiger partial charge in [0.05, 0.1) is 22.8 Å². The van der Waals surface area contributed by atoms with Crippen molar-refractivity contribution in [1.29, 1.82) is 0 Å². The van der Waals surface area contributed by atoms with Crippen LogP contribution in [0.3, 0.4) is 0 Å². The molecule has 0 spiro atoms. The van der Waals surface area contributed by atoms with Gasteiger partial charge in [-0.1, -0.05) is 36.4 Å². The zero-order chi connectivity index (χ0) is 15.9. The lowest BCUT2D eigenvalue weighted by Crippen LogP contribution is -1.89. The Bertz CT molecular complexity index is 1010. The molecule has 4 nitrogen and oxygen atoms in total. The number of H-pyrrole nitrogens is 2. The normalized spacial score (nSPS) is 11.3. The molecule has 0 amide bonds. The van der Waals surface area contributed by atoms with Gasteiger partial charge in [0.2, 0.25) is 0 Å². The van der Waals surface area contributed by atoms with Crippen molar-refractivity contribution in [1.82, 2.24) is 19.9 Å². The molecule has 2 N–H and O–H groups in total. The van der Waals surface area contributed by atoms with Crippen LogP contribution in [0.2, 0.25) is 0 Å². The van der Waals surface area contributed by atoms with Gasteiger partial charge >= 0.3 is 0 Å². The Hall–Kier alpha value is -3.40. The highest BCUT2D eigenvalue weighted by molar-refractivity contribution is 5.87. The van der Waals surface area contributed by atoms with Crippen LogP contribution < -0.4 is 0 Å². The van der Waals surface area contributed by atoms with Crippen molar-refractivity contribution in [2.75, 3.05) is 0 Å². The molecule has 2 aromatic carbocycles. The number of nitrogens with zero attached hydrogens (tertiary/aromatic N) is 2. The van der Waals surface area contributed by atoms with Crippen molar-refractivity contribution in [3.63, 3.8) is 0 Å². The van der Waals surface area contributed by atoms with Gasteiger partial charge in [-0.15, -0.1) is 0 Å². The third-order valence-corrected chi connectivity index (χ3v) is 4.28. The first kappa shape index (κ1) is 13.1. The number of fused-ring (bicyclic) bond motifs is 2. The van der Waals surface area contributed by atoms with Gasteiger partial charge in [-0.3, -0.25) is 0 Å². The molecular weight excluding hydrogens is 296 g/mol. The second-order valence-electron chi connectivity index (χ2n) is 5.83. The van der Waals surface area contributed by atoms with Gasteiger partial charge in [-0.05, 0) is 30.3 Å². The van der Waals surface area contributed by atoms with Crippen molar-refractivity contribution >= 4 is 21.8 Å². The molecule has 114 valence electrons. The third-order valence-electron chi connectivity index (χ3n) is 4.28. The summed E-state index contributed by atoms with van der Waals surface area (Å²) in [5.41, 5.74) is 5.98. The van der Waals surface area contributed by atoms with Gasteiger partial charge in [0.1, 0.15) is 6.33 Å². The molecular formula is C20H14N4. The zero-order valence-corrected chi connectivity index (χ0v) is 12.8. The standard InChI is InChI=1S/C20H14N4/c1-3-7-15-13(5-1)9-19(23-15)17-11-18(22-12-21-17)20-10-14-6-2-4-8-16(14)24-20/h1-12,23-24H. The summed E-state index contributed by atoms with van der Waals surface area (Å²) < 4.78 is 0. The molecule has 0 aliphatic heterocycles. The van der Waals surface area contributed by atoms with E-state index >= 15 is 0 Å². The summed E-state index contributed by atoms with van der Waals surface area (Å²) in [6, 6.07) is 22.7. The molecule has 0 fully saturated rings. The van der Waals surface area contributed by atoms with Crippen LogP contribution in [0.15, 0.2) is 73.1 Å². The van der Waals surface area contributed by atoms with Crippen LogP contribution in [0.25, 0.3) is 44.6 Å². The van der Waals surface area contributed by atoms with Crippen LogP contribution >= 0.6 is 0 Å². The topological polar surface area (TPSA) is 57.4 Å². The molecule has 3 heterocycles. The van der Waals surface area contributed by atoms with E-state index in [0.717, 1.165) is 33.8 Å². The molecule has 3 aromatic heterocycles. The number of aromatic nitrogens is 4. The summed E-state index contributed by atoms with van der Waals surface area (Å²) >= 11 is 0. The molecule has 0 aliphatic rings. The first-order valence-electron chi connectivity index (χ1n) is 7.85. The van der Waals surface area contributed by atoms with Crippen LogP contribution in [0.4, 0.5) is 0 Å². The lowest BCUT2D eigenvalue weighted by molar-refractivity contribution is 1.16. The Morgan fingerprint density at radius 1 is 0.583 bits per heavy atom. The van der Waals surface area contributed by atoms with Crippen molar-refractivity contribution in [3.8, 4) is 22.8 Å². The number of hydrogen-bond donors (Lipinski definition) is 2. The van der Waals surface area contributed by atoms with Crippen molar-refractivity contribution < 1.29 is 0 Å². The molecule has 24 heavy (non-hydrogen) atoms. The summed E-state index contributed by atoms with van der Waals surface area (Å²) in [6.07, 6.45) is 1.61. The number of benzene rings is 2. The Kier molecular flexibility index (Phi) is 2.76. The molecule has 5 rings (SSSR count). The highest BCUT2D eigenvalue weighted by Crippen LogP contribution is 2.27. The van der Waals surface area contributed by atoms with Gasteiger partial charge in [0.15, 0.2) is 0 Å². The van der Waals surface area contributed by atoms with E-state index in [0.29, 0.717) is 0 Å². The smallest absolute Gasteiger partial charge is 0.116 e. The SMILES string of the molecule is c1ccc2[nH]c(-c3cc(-c4cc5ccccc5[nH]4)ncn3)cc2c1. The predicted molar refractivity (Wildman–Crippen MR) is 96.6 cm³/mol. The first-order chi connectivity index (χ1) is 11.9. The van der Waals surface area contributed by atoms with E-state index in [1.165, 1.54) is 10.8 Å².